The summed E-state index contributed by atoms with van der Waals surface area (Å²) in [7, 11) is 2.00. The molecule has 4 N–H and O–H groups in total. The van der Waals surface area contributed by atoms with Crippen molar-refractivity contribution in [1.29, 1.82) is 0 Å². The number of hydrogen-bond donors (Lipinski definition) is 3. The third-order valence-corrected chi connectivity index (χ3v) is 5.47. The van der Waals surface area contributed by atoms with Crippen LogP contribution in [0.15, 0.2) is 0 Å². The highest BCUT2D eigenvalue weighted by atomic mass is 28.4. The molecule has 0 spiro atoms. The number of nitrogens with two attached hydrogens (primary N) is 1. The summed E-state index contributed by atoms with van der Waals surface area (Å²) < 4.78 is 15.8. The van der Waals surface area contributed by atoms with Gasteiger partial charge in [0.25, 0.3) is 0 Å². The second-order valence-corrected chi connectivity index (χ2v) is 6.83. The molecule has 0 fully saturated rings. The summed E-state index contributed by atoms with van der Waals surface area (Å²) in [5, 5.41) is 13.1. The minimum atomic E-state index is -2.65. The van der Waals surface area contributed by atoms with Gasteiger partial charge in [0.05, 0.1) is 6.10 Å². The highest BCUT2D eigenvalue weighted by molar-refractivity contribution is 6.60. The lowest BCUT2D eigenvalue weighted by atomic mass is 10.2. The number of rotatable bonds is 11. The molecule has 0 aromatic carbocycles. The second kappa shape index (κ2) is 9.95. The lowest BCUT2D eigenvalue weighted by Crippen LogP contribution is -2.45. The van der Waals surface area contributed by atoms with E-state index in [1.807, 2.05) is 0 Å². The van der Waals surface area contributed by atoms with Gasteiger partial charge in [-0.05, 0) is 19.4 Å². The average molecular weight is 266 g/mol. The van der Waals surface area contributed by atoms with E-state index in [0.29, 0.717) is 19.0 Å². The van der Waals surface area contributed by atoms with E-state index in [9.17, 15) is 5.11 Å². The molecule has 7 heteroatoms. The Morgan fingerprint density at radius 3 is 2.24 bits per heavy atom. The van der Waals surface area contributed by atoms with Gasteiger partial charge >= 0.3 is 8.80 Å². The smallest absolute Gasteiger partial charge is 0.393 e. The molecular formula is C10H26N2O4Si. The predicted molar refractivity (Wildman–Crippen MR) is 68.8 cm³/mol. The SMILES string of the molecule is CO[Si](CC(O)CCCNCCN)(OC)OC. The van der Waals surface area contributed by atoms with Crippen LogP contribution in [0, 0.1) is 0 Å². The maximum atomic E-state index is 9.88. The average Bonchev–Trinajstić information content (AvgIpc) is 2.36. The molecule has 1 atom stereocenters. The Hall–Kier alpha value is -0.0231. The summed E-state index contributed by atoms with van der Waals surface area (Å²) >= 11 is 0. The van der Waals surface area contributed by atoms with Gasteiger partial charge in [-0.1, -0.05) is 0 Å². The molecule has 0 aliphatic rings. The maximum Gasteiger partial charge on any atom is 0.502 e. The van der Waals surface area contributed by atoms with Crippen LogP contribution in [0.4, 0.5) is 0 Å². The molecule has 17 heavy (non-hydrogen) atoms. The van der Waals surface area contributed by atoms with Crippen LogP contribution >= 0.6 is 0 Å². The van der Waals surface area contributed by atoms with Crippen LogP contribution in [0.3, 0.4) is 0 Å². The van der Waals surface area contributed by atoms with Crippen LogP contribution < -0.4 is 11.1 Å². The zero-order valence-corrected chi connectivity index (χ0v) is 12.1. The van der Waals surface area contributed by atoms with E-state index in [-0.39, 0.29) is 0 Å². The number of aliphatic hydroxyl groups excluding tert-OH is 1. The summed E-state index contributed by atoms with van der Waals surface area (Å²) in [5.41, 5.74) is 5.35. The van der Waals surface area contributed by atoms with Crippen molar-refractivity contribution in [2.75, 3.05) is 41.0 Å². The van der Waals surface area contributed by atoms with Gasteiger partial charge in [0.2, 0.25) is 0 Å². The van der Waals surface area contributed by atoms with E-state index in [1.165, 1.54) is 0 Å². The van der Waals surface area contributed by atoms with E-state index < -0.39 is 14.9 Å². The maximum absolute atomic E-state index is 9.88. The number of nitrogens with one attached hydrogen (secondary N) is 1. The Bertz CT molecular complexity index is 173. The molecule has 0 amide bonds. The quantitative estimate of drug-likeness (QED) is 0.347. The van der Waals surface area contributed by atoms with E-state index >= 15 is 0 Å². The Kier molecular flexibility index (Phi) is 9.94. The highest BCUT2D eigenvalue weighted by Crippen LogP contribution is 2.17. The fraction of sp³-hybridized carbons (Fsp3) is 1.00. The van der Waals surface area contributed by atoms with Crippen LogP contribution in [-0.2, 0) is 13.3 Å². The third kappa shape index (κ3) is 7.09. The van der Waals surface area contributed by atoms with Gasteiger partial charge in [-0.25, -0.2) is 0 Å². The molecule has 6 nitrogen and oxygen atoms in total. The molecule has 0 heterocycles. The van der Waals surface area contributed by atoms with Crippen LogP contribution in [0.2, 0.25) is 6.04 Å². The van der Waals surface area contributed by atoms with Crippen molar-refractivity contribution < 1.29 is 18.4 Å². The molecule has 1 unspecified atom stereocenters. The van der Waals surface area contributed by atoms with E-state index in [1.54, 1.807) is 21.3 Å². The van der Waals surface area contributed by atoms with E-state index in [0.717, 1.165) is 19.5 Å². The van der Waals surface area contributed by atoms with Crippen LogP contribution in [0.5, 0.6) is 0 Å². The normalized spacial score (nSPS) is 13.9. The number of hydrogen-bond acceptors (Lipinski definition) is 6. The first-order valence-corrected chi connectivity index (χ1v) is 7.81. The fourth-order valence-electron chi connectivity index (χ4n) is 1.58. The van der Waals surface area contributed by atoms with Crippen molar-refractivity contribution in [3.8, 4) is 0 Å². The topological polar surface area (TPSA) is 86.0 Å². The Morgan fingerprint density at radius 2 is 1.76 bits per heavy atom. The first-order chi connectivity index (χ1) is 8.14. The van der Waals surface area contributed by atoms with Crippen molar-refractivity contribution in [3.63, 3.8) is 0 Å². The molecule has 0 saturated carbocycles. The summed E-state index contributed by atoms with van der Waals surface area (Å²) in [6.07, 6.45) is 1.13. The van der Waals surface area contributed by atoms with Gasteiger partial charge in [0, 0.05) is 40.5 Å². The molecule has 0 aromatic rings. The van der Waals surface area contributed by atoms with Crippen LogP contribution in [0.1, 0.15) is 12.8 Å². The molecule has 0 rings (SSSR count). The van der Waals surface area contributed by atoms with Crippen molar-refractivity contribution in [1.82, 2.24) is 5.32 Å². The number of aliphatic hydroxyl groups is 1. The van der Waals surface area contributed by atoms with E-state index in [4.69, 9.17) is 19.0 Å². The van der Waals surface area contributed by atoms with Crippen molar-refractivity contribution in [2.24, 2.45) is 5.73 Å². The summed E-state index contributed by atoms with van der Waals surface area (Å²) in [5.74, 6) is 0. The zero-order valence-electron chi connectivity index (χ0n) is 11.1. The second-order valence-electron chi connectivity index (χ2n) is 3.83. The largest absolute Gasteiger partial charge is 0.502 e. The molecule has 0 aliphatic carbocycles. The van der Waals surface area contributed by atoms with Crippen molar-refractivity contribution in [2.45, 2.75) is 25.0 Å². The molecule has 0 aromatic heterocycles. The van der Waals surface area contributed by atoms with Gasteiger partial charge < -0.3 is 29.4 Å². The van der Waals surface area contributed by atoms with Gasteiger partial charge in [0.1, 0.15) is 0 Å². The van der Waals surface area contributed by atoms with E-state index in [2.05, 4.69) is 5.32 Å². The molecule has 104 valence electrons. The molecule has 0 saturated heterocycles. The molecule has 0 radical (unpaired) electrons. The van der Waals surface area contributed by atoms with Crippen LogP contribution in [0.25, 0.3) is 0 Å². The van der Waals surface area contributed by atoms with Gasteiger partial charge in [0.15, 0.2) is 0 Å². The third-order valence-electron chi connectivity index (χ3n) is 2.63. The summed E-state index contributed by atoms with van der Waals surface area (Å²) in [6.45, 7) is 2.30. The summed E-state index contributed by atoms with van der Waals surface area (Å²) in [6, 6.07) is 0.424. The first-order valence-electron chi connectivity index (χ1n) is 5.88. The molecular weight excluding hydrogens is 240 g/mol. The van der Waals surface area contributed by atoms with Crippen molar-refractivity contribution in [3.05, 3.63) is 0 Å². The standard InChI is InChI=1S/C10H26N2O4Si/c1-14-17(15-2,16-3)9-10(13)5-4-7-12-8-6-11/h10,12-13H,4-9,11H2,1-3H3. The minimum absolute atomic E-state index is 0.424. The lowest BCUT2D eigenvalue weighted by Gasteiger charge is -2.26. The van der Waals surface area contributed by atoms with Crippen LogP contribution in [-0.4, -0.2) is 61.0 Å². The Labute approximate surface area is 105 Å². The first kappa shape index (κ1) is 17.0. The Morgan fingerprint density at radius 1 is 1.18 bits per heavy atom. The Balaban J connectivity index is 3.79. The highest BCUT2D eigenvalue weighted by Gasteiger charge is 2.39. The monoisotopic (exact) mass is 266 g/mol. The fourth-order valence-corrected chi connectivity index (χ4v) is 3.36. The van der Waals surface area contributed by atoms with Crippen molar-refractivity contribution >= 4 is 8.80 Å². The molecule has 0 bridgehead atoms. The zero-order chi connectivity index (χ0) is 13.1. The predicted octanol–water partition coefficient (Wildman–Crippen LogP) is -0.446. The van der Waals surface area contributed by atoms with Gasteiger partial charge in [-0.3, -0.25) is 0 Å². The molecule has 0 aliphatic heterocycles. The van der Waals surface area contributed by atoms with Gasteiger partial charge in [-0.15, -0.1) is 0 Å². The van der Waals surface area contributed by atoms with Gasteiger partial charge in [-0.2, -0.15) is 0 Å². The lowest BCUT2D eigenvalue weighted by molar-refractivity contribution is 0.0939. The minimum Gasteiger partial charge on any atom is -0.393 e. The summed E-state index contributed by atoms with van der Waals surface area (Å²) in [4.78, 5) is 0.